The molecule has 0 amide bonds. The number of nitrogen functional groups attached to an aromatic ring is 1. The molecule has 4 rings (SSSR count). The number of anilines is 2. The predicted octanol–water partition coefficient (Wildman–Crippen LogP) is 2.07. The molecular formula is C19H22F2N4O3. The van der Waals surface area contributed by atoms with Gasteiger partial charge in [0.05, 0.1) is 16.6 Å². The van der Waals surface area contributed by atoms with Gasteiger partial charge >= 0.3 is 5.97 Å². The third-order valence-corrected chi connectivity index (χ3v) is 5.87. The van der Waals surface area contributed by atoms with Gasteiger partial charge in [0.25, 0.3) is 0 Å². The molecule has 0 bridgehead atoms. The van der Waals surface area contributed by atoms with Crippen molar-refractivity contribution in [1.29, 1.82) is 0 Å². The first-order valence-electron chi connectivity index (χ1n) is 9.35. The lowest BCUT2D eigenvalue weighted by atomic mass is 10.0. The molecule has 1 aromatic heterocycles. The van der Waals surface area contributed by atoms with E-state index in [9.17, 15) is 14.7 Å². The zero-order chi connectivity index (χ0) is 20.3. The van der Waals surface area contributed by atoms with Crippen molar-refractivity contribution in [3.8, 4) is 0 Å². The molecule has 7 nitrogen and oxygen atoms in total. The van der Waals surface area contributed by atoms with E-state index in [0.29, 0.717) is 6.54 Å². The van der Waals surface area contributed by atoms with E-state index in [4.69, 9.17) is 11.5 Å². The summed E-state index contributed by atoms with van der Waals surface area (Å²) < 4.78 is 32.1. The zero-order valence-corrected chi connectivity index (χ0v) is 15.4. The number of aromatic carboxylic acids is 1. The van der Waals surface area contributed by atoms with E-state index in [2.05, 4.69) is 0 Å². The van der Waals surface area contributed by atoms with Gasteiger partial charge in [0.15, 0.2) is 11.6 Å². The Bertz CT molecular complexity index is 1050. The van der Waals surface area contributed by atoms with Crippen molar-refractivity contribution >= 4 is 28.2 Å². The maximum atomic E-state index is 15.6. The Morgan fingerprint density at radius 1 is 1.29 bits per heavy atom. The second-order valence-electron chi connectivity index (χ2n) is 7.67. The molecule has 1 saturated carbocycles. The van der Waals surface area contributed by atoms with E-state index < -0.39 is 39.7 Å². The van der Waals surface area contributed by atoms with Crippen LogP contribution in [0.15, 0.2) is 11.0 Å². The molecule has 1 aliphatic carbocycles. The second kappa shape index (κ2) is 6.44. The van der Waals surface area contributed by atoms with Crippen molar-refractivity contribution in [3.63, 3.8) is 0 Å². The Kier molecular flexibility index (Phi) is 4.29. The first-order chi connectivity index (χ1) is 13.3. The van der Waals surface area contributed by atoms with Crippen molar-refractivity contribution in [3.05, 3.63) is 33.6 Å². The second-order valence-corrected chi connectivity index (χ2v) is 7.67. The lowest BCUT2D eigenvalue weighted by molar-refractivity contribution is 0.0695. The molecular weight excluding hydrogens is 370 g/mol. The van der Waals surface area contributed by atoms with E-state index in [1.807, 2.05) is 6.92 Å². The standard InChI is InChI=1S/C19H22F2N4O3/c1-2-8-5-24(7-11(8)22)17-13(20)15(23)12-16(14(17)21)25(9-3-4-9)6-10(18(12)26)19(27)28/h6,8-9,11H,2-5,7,22-23H2,1H3,(H,27,28). The van der Waals surface area contributed by atoms with E-state index in [-0.39, 0.29) is 35.8 Å². The number of pyridine rings is 1. The maximum Gasteiger partial charge on any atom is 0.341 e. The van der Waals surface area contributed by atoms with Gasteiger partial charge in [-0.1, -0.05) is 13.3 Å². The van der Waals surface area contributed by atoms with Crippen molar-refractivity contribution in [2.75, 3.05) is 23.7 Å². The fourth-order valence-electron chi connectivity index (χ4n) is 4.13. The highest BCUT2D eigenvalue weighted by Crippen LogP contribution is 2.42. The maximum absolute atomic E-state index is 15.6. The Morgan fingerprint density at radius 2 is 1.96 bits per heavy atom. The topological polar surface area (TPSA) is 115 Å². The van der Waals surface area contributed by atoms with Crippen molar-refractivity contribution in [2.24, 2.45) is 11.7 Å². The number of rotatable bonds is 4. The van der Waals surface area contributed by atoms with Crippen LogP contribution in [0, 0.1) is 17.6 Å². The van der Waals surface area contributed by atoms with Gasteiger partial charge < -0.3 is 26.0 Å². The molecule has 28 heavy (non-hydrogen) atoms. The van der Waals surface area contributed by atoms with Crippen LogP contribution in [0.1, 0.15) is 42.6 Å². The molecule has 2 fully saturated rings. The molecule has 2 aliphatic rings. The Hall–Kier alpha value is -2.68. The van der Waals surface area contributed by atoms with Gasteiger partial charge in [-0.25, -0.2) is 13.6 Å². The molecule has 2 aromatic rings. The quantitative estimate of drug-likeness (QED) is 0.687. The highest BCUT2D eigenvalue weighted by molar-refractivity contribution is 5.99. The van der Waals surface area contributed by atoms with Gasteiger partial charge in [-0.15, -0.1) is 0 Å². The summed E-state index contributed by atoms with van der Waals surface area (Å²) in [5.74, 6) is -3.31. The van der Waals surface area contributed by atoms with Gasteiger partial charge in [-0.2, -0.15) is 0 Å². The number of aromatic nitrogens is 1. The van der Waals surface area contributed by atoms with E-state index in [1.165, 1.54) is 9.47 Å². The van der Waals surface area contributed by atoms with Crippen LogP contribution in [0.3, 0.4) is 0 Å². The highest BCUT2D eigenvalue weighted by atomic mass is 19.1. The minimum atomic E-state index is -1.46. The van der Waals surface area contributed by atoms with Crippen molar-refractivity contribution < 1.29 is 18.7 Å². The monoisotopic (exact) mass is 392 g/mol. The first-order valence-corrected chi connectivity index (χ1v) is 9.35. The summed E-state index contributed by atoms with van der Waals surface area (Å²) >= 11 is 0. The number of carboxylic acid groups (broad SMARTS) is 1. The highest BCUT2D eigenvalue weighted by Gasteiger charge is 2.36. The Morgan fingerprint density at radius 3 is 2.50 bits per heavy atom. The fraction of sp³-hybridized carbons (Fsp3) is 0.474. The summed E-state index contributed by atoms with van der Waals surface area (Å²) in [6, 6.07) is -0.363. The van der Waals surface area contributed by atoms with Gasteiger partial charge in [0, 0.05) is 31.4 Å². The largest absolute Gasteiger partial charge is 0.477 e. The van der Waals surface area contributed by atoms with Crippen LogP contribution in [0.25, 0.3) is 10.9 Å². The fourth-order valence-corrected chi connectivity index (χ4v) is 4.13. The first kappa shape index (κ1) is 18.7. The SMILES string of the molecule is CCC1CN(c2c(F)c(N)c3c(=O)c(C(=O)O)cn(C4CC4)c3c2F)CC1N. The van der Waals surface area contributed by atoms with Gasteiger partial charge in [0.2, 0.25) is 5.43 Å². The summed E-state index contributed by atoms with van der Waals surface area (Å²) in [4.78, 5) is 25.6. The van der Waals surface area contributed by atoms with Crippen LogP contribution in [-0.4, -0.2) is 34.8 Å². The number of nitrogens with zero attached hydrogens (tertiary/aromatic N) is 2. The molecule has 2 heterocycles. The molecule has 5 N–H and O–H groups in total. The lowest BCUT2D eigenvalue weighted by Crippen LogP contribution is -2.30. The molecule has 2 unspecified atom stereocenters. The number of halogens is 2. The lowest BCUT2D eigenvalue weighted by Gasteiger charge is -2.23. The van der Waals surface area contributed by atoms with Gasteiger partial charge in [-0.05, 0) is 18.8 Å². The number of nitrogens with two attached hydrogens (primary N) is 2. The zero-order valence-electron chi connectivity index (χ0n) is 15.4. The average molecular weight is 392 g/mol. The van der Waals surface area contributed by atoms with Crippen LogP contribution >= 0.6 is 0 Å². The number of hydrogen-bond acceptors (Lipinski definition) is 5. The van der Waals surface area contributed by atoms with Crippen LogP contribution in [-0.2, 0) is 0 Å². The minimum absolute atomic E-state index is 0.0933. The molecule has 1 aromatic carbocycles. The van der Waals surface area contributed by atoms with Crippen LogP contribution in [0.5, 0.6) is 0 Å². The van der Waals surface area contributed by atoms with Crippen molar-refractivity contribution in [1.82, 2.24) is 4.57 Å². The third-order valence-electron chi connectivity index (χ3n) is 5.87. The summed E-state index contributed by atoms with van der Waals surface area (Å²) in [7, 11) is 0. The van der Waals surface area contributed by atoms with Gasteiger partial charge in [-0.3, -0.25) is 4.79 Å². The Balaban J connectivity index is 2.03. The molecule has 0 radical (unpaired) electrons. The third kappa shape index (κ3) is 2.64. The summed E-state index contributed by atoms with van der Waals surface area (Å²) in [6.45, 7) is 2.63. The van der Waals surface area contributed by atoms with Crippen LogP contribution in [0.2, 0.25) is 0 Å². The molecule has 9 heteroatoms. The number of carboxylic acids is 1. The summed E-state index contributed by atoms with van der Waals surface area (Å²) in [5, 5.41) is 8.91. The number of benzene rings is 1. The minimum Gasteiger partial charge on any atom is -0.477 e. The van der Waals surface area contributed by atoms with Crippen molar-refractivity contribution in [2.45, 2.75) is 38.3 Å². The van der Waals surface area contributed by atoms with Crippen LogP contribution < -0.4 is 21.8 Å². The smallest absolute Gasteiger partial charge is 0.341 e. The van der Waals surface area contributed by atoms with Gasteiger partial charge in [0.1, 0.15) is 11.3 Å². The normalized spacial score (nSPS) is 22.2. The van der Waals surface area contributed by atoms with E-state index in [0.717, 1.165) is 25.5 Å². The molecule has 2 atom stereocenters. The van der Waals surface area contributed by atoms with E-state index >= 15 is 8.78 Å². The average Bonchev–Trinajstić information content (AvgIpc) is 3.42. The Labute approximate surface area is 159 Å². The number of hydrogen-bond donors (Lipinski definition) is 3. The van der Waals surface area contributed by atoms with Crippen LogP contribution in [0.4, 0.5) is 20.2 Å². The van der Waals surface area contributed by atoms with E-state index in [1.54, 1.807) is 0 Å². The molecule has 0 spiro atoms. The molecule has 1 saturated heterocycles. The number of carbonyl (C=O) groups is 1. The summed E-state index contributed by atoms with van der Waals surface area (Å²) in [5.41, 5.74) is 9.51. The number of fused-ring (bicyclic) bond motifs is 1. The molecule has 150 valence electrons. The predicted molar refractivity (Wildman–Crippen MR) is 102 cm³/mol. The molecule has 1 aliphatic heterocycles. The summed E-state index contributed by atoms with van der Waals surface area (Å²) in [6.07, 6.45) is 3.35.